The minimum atomic E-state index is -5.86. The third kappa shape index (κ3) is 7.27. The first-order valence-corrected chi connectivity index (χ1v) is 13.7. The van der Waals surface area contributed by atoms with E-state index in [0.29, 0.717) is 35.8 Å². The van der Waals surface area contributed by atoms with Crippen LogP contribution in [0, 0.1) is 0 Å². The van der Waals surface area contributed by atoms with E-state index in [0.717, 1.165) is 24.3 Å². The highest BCUT2D eigenvalue weighted by Crippen LogP contribution is 2.56. The molecule has 0 amide bonds. The summed E-state index contributed by atoms with van der Waals surface area (Å²) in [6.45, 7) is 5.51. The Kier molecular flexibility index (Phi) is 9.41. The van der Waals surface area contributed by atoms with Crippen molar-refractivity contribution in [2.75, 3.05) is 7.11 Å². The molecule has 4 aromatic rings. The molecule has 0 spiro atoms. The first kappa shape index (κ1) is 33.9. The average molecular weight is 647 g/mol. The minimum absolute atomic E-state index is 0.0807. The molecule has 0 aliphatic rings. The molecular weight excluding hydrogens is 618 g/mol. The number of esters is 2. The van der Waals surface area contributed by atoms with E-state index < -0.39 is 46.4 Å². The van der Waals surface area contributed by atoms with Crippen LogP contribution in [0.3, 0.4) is 0 Å². The second-order valence-corrected chi connectivity index (χ2v) is 11.0. The van der Waals surface area contributed by atoms with Gasteiger partial charge in [0.05, 0.1) is 18.2 Å². The van der Waals surface area contributed by atoms with Crippen LogP contribution in [0.15, 0.2) is 97.1 Å². The number of methoxy groups -OCH3 is 1. The molecule has 46 heavy (non-hydrogen) atoms. The molecule has 0 aliphatic carbocycles. The number of benzene rings is 4. The van der Waals surface area contributed by atoms with Crippen molar-refractivity contribution in [3.63, 3.8) is 0 Å². The Labute approximate surface area is 260 Å². The Hall–Kier alpha value is -5.00. The highest BCUT2D eigenvalue weighted by molar-refractivity contribution is 5.91. The molecule has 12 heteroatoms. The lowest BCUT2D eigenvalue weighted by atomic mass is 9.73. The fourth-order valence-electron chi connectivity index (χ4n) is 4.60. The molecule has 4 rings (SSSR count). The Morgan fingerprint density at radius 3 is 1.13 bits per heavy atom. The Balaban J connectivity index is 1.60. The standard InChI is InChI=1S/C34H28F6O6/c1-31(2,3)46-28-15-7-22(8-16-28)30(42)45-27-19-11-24(12-20-27)32(33(35,36)37,34(38,39)40)23-9-17-26(18-10-23)44-29(41)21-5-13-25(43-4)14-6-21/h5-20H,1-4H3. The molecule has 0 heterocycles. The van der Waals surface area contributed by atoms with E-state index in [1.807, 2.05) is 20.8 Å². The molecule has 0 aliphatic heterocycles. The van der Waals surface area contributed by atoms with Gasteiger partial charge in [-0.05, 0) is 105 Å². The Morgan fingerprint density at radius 2 is 0.826 bits per heavy atom. The third-order valence-electron chi connectivity index (χ3n) is 6.69. The van der Waals surface area contributed by atoms with Crippen LogP contribution < -0.4 is 18.9 Å². The second kappa shape index (κ2) is 12.8. The summed E-state index contributed by atoms with van der Waals surface area (Å²) in [5.74, 6) is -1.38. The molecule has 0 bridgehead atoms. The molecule has 0 saturated carbocycles. The fourth-order valence-corrected chi connectivity index (χ4v) is 4.60. The molecule has 0 N–H and O–H groups in total. The van der Waals surface area contributed by atoms with E-state index >= 15 is 0 Å². The number of carbonyl (C=O) groups excluding carboxylic acids is 2. The van der Waals surface area contributed by atoms with Crippen LogP contribution in [-0.2, 0) is 5.41 Å². The number of carbonyl (C=O) groups is 2. The summed E-state index contributed by atoms with van der Waals surface area (Å²) >= 11 is 0. The van der Waals surface area contributed by atoms with Crippen molar-refractivity contribution in [2.45, 2.75) is 44.1 Å². The lowest BCUT2D eigenvalue weighted by Gasteiger charge is -2.38. The molecule has 4 aromatic carbocycles. The van der Waals surface area contributed by atoms with Crippen LogP contribution in [0.25, 0.3) is 0 Å². The summed E-state index contributed by atoms with van der Waals surface area (Å²) < 4.78 is 109. The number of halogens is 6. The monoisotopic (exact) mass is 646 g/mol. The van der Waals surface area contributed by atoms with Crippen LogP contribution in [0.1, 0.15) is 52.6 Å². The highest BCUT2D eigenvalue weighted by atomic mass is 19.4. The molecule has 242 valence electrons. The lowest BCUT2D eigenvalue weighted by molar-refractivity contribution is -0.288. The van der Waals surface area contributed by atoms with Crippen LogP contribution in [0.2, 0.25) is 0 Å². The quantitative estimate of drug-likeness (QED) is 0.108. The van der Waals surface area contributed by atoms with Gasteiger partial charge >= 0.3 is 24.3 Å². The van der Waals surface area contributed by atoms with Crippen molar-refractivity contribution in [2.24, 2.45) is 0 Å². The Bertz CT molecular complexity index is 1640. The zero-order valence-corrected chi connectivity index (χ0v) is 25.0. The van der Waals surface area contributed by atoms with E-state index in [1.54, 1.807) is 0 Å². The van der Waals surface area contributed by atoms with Crippen LogP contribution in [0.4, 0.5) is 26.3 Å². The van der Waals surface area contributed by atoms with Gasteiger partial charge in [-0.3, -0.25) is 0 Å². The van der Waals surface area contributed by atoms with E-state index in [4.69, 9.17) is 18.9 Å². The lowest BCUT2D eigenvalue weighted by Crippen LogP contribution is -2.54. The molecule has 0 radical (unpaired) electrons. The van der Waals surface area contributed by atoms with E-state index in [9.17, 15) is 35.9 Å². The van der Waals surface area contributed by atoms with Crippen molar-refractivity contribution in [3.05, 3.63) is 119 Å². The molecule has 0 atom stereocenters. The smallest absolute Gasteiger partial charge is 0.411 e. The normalized spacial score (nSPS) is 12.3. The summed E-state index contributed by atoms with van der Waals surface area (Å²) in [5, 5.41) is 0. The zero-order chi connectivity index (χ0) is 33.9. The topological polar surface area (TPSA) is 71.1 Å². The largest absolute Gasteiger partial charge is 0.497 e. The van der Waals surface area contributed by atoms with Crippen LogP contribution >= 0.6 is 0 Å². The van der Waals surface area contributed by atoms with Crippen molar-refractivity contribution >= 4 is 11.9 Å². The van der Waals surface area contributed by atoms with Gasteiger partial charge in [-0.2, -0.15) is 26.3 Å². The van der Waals surface area contributed by atoms with Gasteiger partial charge in [-0.25, -0.2) is 9.59 Å². The van der Waals surface area contributed by atoms with Gasteiger partial charge in [-0.15, -0.1) is 0 Å². The van der Waals surface area contributed by atoms with Gasteiger partial charge in [-0.1, -0.05) is 24.3 Å². The Morgan fingerprint density at radius 1 is 0.500 bits per heavy atom. The van der Waals surface area contributed by atoms with E-state index in [2.05, 4.69) is 0 Å². The molecule has 0 aromatic heterocycles. The number of ether oxygens (including phenoxy) is 4. The van der Waals surface area contributed by atoms with E-state index in [1.165, 1.54) is 55.6 Å². The second-order valence-electron chi connectivity index (χ2n) is 11.0. The van der Waals surface area contributed by atoms with Crippen molar-refractivity contribution in [1.29, 1.82) is 0 Å². The third-order valence-corrected chi connectivity index (χ3v) is 6.69. The summed E-state index contributed by atoms with van der Waals surface area (Å²) in [6.07, 6.45) is -11.7. The molecule has 0 saturated heterocycles. The number of hydrogen-bond acceptors (Lipinski definition) is 6. The molecular formula is C34H28F6O6. The average Bonchev–Trinajstić information content (AvgIpc) is 2.97. The minimum Gasteiger partial charge on any atom is -0.497 e. The van der Waals surface area contributed by atoms with Gasteiger partial charge in [0.2, 0.25) is 5.41 Å². The van der Waals surface area contributed by atoms with Crippen LogP contribution in [0.5, 0.6) is 23.0 Å². The first-order valence-electron chi connectivity index (χ1n) is 13.7. The predicted octanol–water partition coefficient (Wildman–Crippen LogP) is 8.72. The van der Waals surface area contributed by atoms with Gasteiger partial charge in [0.15, 0.2) is 0 Å². The molecule has 0 fully saturated rings. The maximum atomic E-state index is 14.6. The zero-order valence-electron chi connectivity index (χ0n) is 25.0. The van der Waals surface area contributed by atoms with Crippen molar-refractivity contribution < 1.29 is 54.9 Å². The summed E-state index contributed by atoms with van der Waals surface area (Å²) in [5.41, 5.74) is -7.13. The maximum Gasteiger partial charge on any atom is 0.411 e. The number of rotatable bonds is 8. The summed E-state index contributed by atoms with van der Waals surface area (Å²) in [7, 11) is 1.42. The fraction of sp³-hybridized carbons (Fsp3) is 0.235. The number of alkyl halides is 6. The molecule has 0 unspecified atom stereocenters. The van der Waals surface area contributed by atoms with Crippen LogP contribution in [-0.4, -0.2) is 37.0 Å². The van der Waals surface area contributed by atoms with Gasteiger partial charge in [0.25, 0.3) is 0 Å². The van der Waals surface area contributed by atoms with Gasteiger partial charge in [0, 0.05) is 0 Å². The predicted molar refractivity (Wildman–Crippen MR) is 156 cm³/mol. The highest BCUT2D eigenvalue weighted by Gasteiger charge is 2.72. The van der Waals surface area contributed by atoms with Gasteiger partial charge in [0.1, 0.15) is 28.6 Å². The SMILES string of the molecule is COc1ccc(C(=O)Oc2ccc(C(c3ccc(OC(=O)c4ccc(OC(C)(C)C)cc4)cc3)(C(F)(F)F)C(F)(F)F)cc2)cc1. The molecule has 6 nitrogen and oxygen atoms in total. The number of hydrogen-bond donors (Lipinski definition) is 0. The summed E-state index contributed by atoms with van der Waals surface area (Å²) in [6, 6.07) is 17.4. The van der Waals surface area contributed by atoms with E-state index in [-0.39, 0.29) is 22.6 Å². The van der Waals surface area contributed by atoms with Gasteiger partial charge < -0.3 is 18.9 Å². The first-order chi connectivity index (χ1) is 21.4. The van der Waals surface area contributed by atoms with Crippen molar-refractivity contribution in [1.82, 2.24) is 0 Å². The summed E-state index contributed by atoms with van der Waals surface area (Å²) in [4.78, 5) is 25.0. The van der Waals surface area contributed by atoms with Crippen molar-refractivity contribution in [3.8, 4) is 23.0 Å². The maximum absolute atomic E-state index is 14.6.